The third kappa shape index (κ3) is 3.77. The highest BCUT2D eigenvalue weighted by atomic mass is 19.4. The van der Waals surface area contributed by atoms with Crippen molar-refractivity contribution in [2.45, 2.75) is 18.6 Å². The SMILES string of the molecule is [B]Cc1ccc(OCC(O)C(F)(F)F)cc1. The van der Waals surface area contributed by atoms with Crippen LogP contribution in [0.4, 0.5) is 13.2 Å². The van der Waals surface area contributed by atoms with Crippen LogP contribution in [0.15, 0.2) is 24.3 Å². The molecule has 0 bridgehead atoms. The van der Waals surface area contributed by atoms with E-state index < -0.39 is 18.9 Å². The molecule has 0 fully saturated rings. The Kier molecular flexibility index (Phi) is 4.23. The Morgan fingerprint density at radius 1 is 1.25 bits per heavy atom. The Hall–Kier alpha value is -1.17. The third-order valence-corrected chi connectivity index (χ3v) is 1.94. The van der Waals surface area contributed by atoms with Gasteiger partial charge in [-0.05, 0) is 12.1 Å². The number of halogens is 3. The second-order valence-electron chi connectivity index (χ2n) is 3.22. The van der Waals surface area contributed by atoms with Gasteiger partial charge in [0, 0.05) is 0 Å². The van der Waals surface area contributed by atoms with Gasteiger partial charge in [0.15, 0.2) is 6.10 Å². The summed E-state index contributed by atoms with van der Waals surface area (Å²) >= 11 is 0. The molecule has 0 amide bonds. The summed E-state index contributed by atoms with van der Waals surface area (Å²) in [6.45, 7) is -0.814. The molecule has 0 saturated carbocycles. The molecular formula is C10H10BF3O2. The maximum atomic E-state index is 11.9. The summed E-state index contributed by atoms with van der Waals surface area (Å²) in [4.78, 5) is 0. The van der Waals surface area contributed by atoms with Crippen molar-refractivity contribution in [1.29, 1.82) is 0 Å². The lowest BCUT2D eigenvalue weighted by Crippen LogP contribution is -2.34. The van der Waals surface area contributed by atoms with Crippen molar-refractivity contribution in [3.8, 4) is 5.75 Å². The second-order valence-corrected chi connectivity index (χ2v) is 3.22. The normalized spacial score (nSPS) is 13.5. The summed E-state index contributed by atoms with van der Waals surface area (Å²) in [5, 5.41) is 8.68. The molecule has 0 heterocycles. The van der Waals surface area contributed by atoms with Gasteiger partial charge in [0.05, 0.1) is 7.85 Å². The number of benzene rings is 1. The van der Waals surface area contributed by atoms with E-state index >= 15 is 0 Å². The van der Waals surface area contributed by atoms with Crippen LogP contribution in [0.1, 0.15) is 5.56 Å². The predicted octanol–water partition coefficient (Wildman–Crippen LogP) is 1.66. The average Bonchev–Trinajstić information content (AvgIpc) is 2.25. The van der Waals surface area contributed by atoms with E-state index in [0.717, 1.165) is 5.56 Å². The number of hydrogen-bond acceptors (Lipinski definition) is 2. The van der Waals surface area contributed by atoms with Crippen LogP contribution >= 0.6 is 0 Å². The highest BCUT2D eigenvalue weighted by Crippen LogP contribution is 2.21. The molecule has 0 aromatic heterocycles. The Morgan fingerprint density at radius 3 is 2.25 bits per heavy atom. The van der Waals surface area contributed by atoms with Crippen LogP contribution in [-0.4, -0.2) is 31.8 Å². The lowest BCUT2D eigenvalue weighted by Gasteiger charge is -2.15. The molecule has 1 aromatic rings. The van der Waals surface area contributed by atoms with Gasteiger partial charge in [0.1, 0.15) is 12.4 Å². The summed E-state index contributed by atoms with van der Waals surface area (Å²) in [6, 6.07) is 6.31. The molecule has 0 saturated heterocycles. The molecule has 2 nitrogen and oxygen atoms in total. The van der Waals surface area contributed by atoms with Crippen molar-refractivity contribution in [2.75, 3.05) is 6.61 Å². The fourth-order valence-electron chi connectivity index (χ4n) is 0.991. The van der Waals surface area contributed by atoms with Crippen molar-refractivity contribution >= 4 is 7.85 Å². The molecule has 6 heteroatoms. The van der Waals surface area contributed by atoms with Crippen molar-refractivity contribution < 1.29 is 23.0 Å². The highest BCUT2D eigenvalue weighted by Gasteiger charge is 2.38. The fraction of sp³-hybridized carbons (Fsp3) is 0.400. The number of aliphatic hydroxyl groups excluding tert-OH is 1. The molecule has 2 radical (unpaired) electrons. The molecule has 1 atom stereocenters. The lowest BCUT2D eigenvalue weighted by molar-refractivity contribution is -0.210. The lowest BCUT2D eigenvalue weighted by atomic mass is 9.97. The monoisotopic (exact) mass is 230 g/mol. The molecule has 0 spiro atoms. The molecule has 86 valence electrons. The minimum atomic E-state index is -4.66. The van der Waals surface area contributed by atoms with Crippen LogP contribution in [0, 0.1) is 0 Å². The quantitative estimate of drug-likeness (QED) is 0.797. The van der Waals surface area contributed by atoms with Crippen LogP contribution in [-0.2, 0) is 6.32 Å². The van der Waals surface area contributed by atoms with Crippen LogP contribution in [0.5, 0.6) is 5.75 Å². The van der Waals surface area contributed by atoms with E-state index in [4.69, 9.17) is 17.7 Å². The zero-order valence-electron chi connectivity index (χ0n) is 8.37. The Balaban J connectivity index is 2.48. The molecular weight excluding hydrogens is 220 g/mol. The Labute approximate surface area is 92.4 Å². The zero-order valence-corrected chi connectivity index (χ0v) is 8.37. The van der Waals surface area contributed by atoms with Gasteiger partial charge in [-0.1, -0.05) is 24.0 Å². The topological polar surface area (TPSA) is 29.5 Å². The molecule has 0 aliphatic heterocycles. The van der Waals surface area contributed by atoms with Crippen molar-refractivity contribution in [1.82, 2.24) is 0 Å². The van der Waals surface area contributed by atoms with Crippen molar-refractivity contribution in [3.63, 3.8) is 0 Å². The van der Waals surface area contributed by atoms with E-state index in [9.17, 15) is 13.2 Å². The van der Waals surface area contributed by atoms with Gasteiger partial charge in [-0.3, -0.25) is 0 Å². The minimum Gasteiger partial charge on any atom is -0.491 e. The Morgan fingerprint density at radius 2 is 1.81 bits per heavy atom. The van der Waals surface area contributed by atoms with Gasteiger partial charge in [0.2, 0.25) is 0 Å². The van der Waals surface area contributed by atoms with Gasteiger partial charge in [0.25, 0.3) is 0 Å². The molecule has 0 aliphatic carbocycles. The van der Waals surface area contributed by atoms with Crippen molar-refractivity contribution in [3.05, 3.63) is 29.8 Å². The van der Waals surface area contributed by atoms with Gasteiger partial charge < -0.3 is 9.84 Å². The smallest absolute Gasteiger partial charge is 0.417 e. The Bertz CT molecular complexity index is 324. The maximum Gasteiger partial charge on any atom is 0.417 e. The summed E-state index contributed by atoms with van der Waals surface area (Å²) in [6.07, 6.45) is -6.77. The minimum absolute atomic E-state index is 0.264. The summed E-state index contributed by atoms with van der Waals surface area (Å²) < 4.78 is 40.6. The number of hydrogen-bond donors (Lipinski definition) is 1. The van der Waals surface area contributed by atoms with E-state index in [-0.39, 0.29) is 5.75 Å². The van der Waals surface area contributed by atoms with Gasteiger partial charge >= 0.3 is 6.18 Å². The standard InChI is InChI=1S/C10H10BF3O2/c11-5-7-1-3-8(4-2-7)16-6-9(15)10(12,13)14/h1-4,9,15H,5-6H2. The molecule has 1 N–H and O–H groups in total. The van der Waals surface area contributed by atoms with Gasteiger partial charge in [-0.2, -0.15) is 13.2 Å². The molecule has 16 heavy (non-hydrogen) atoms. The van der Waals surface area contributed by atoms with Crippen LogP contribution in [0.3, 0.4) is 0 Å². The van der Waals surface area contributed by atoms with Gasteiger partial charge in [-0.25, -0.2) is 0 Å². The first-order valence-electron chi connectivity index (χ1n) is 4.60. The first-order chi connectivity index (χ1) is 7.43. The number of rotatable bonds is 4. The summed E-state index contributed by atoms with van der Waals surface area (Å²) in [5.41, 5.74) is 0.851. The van der Waals surface area contributed by atoms with Crippen LogP contribution in [0.2, 0.25) is 0 Å². The van der Waals surface area contributed by atoms with Crippen molar-refractivity contribution in [2.24, 2.45) is 0 Å². The number of ether oxygens (including phenoxy) is 1. The third-order valence-electron chi connectivity index (χ3n) is 1.94. The van der Waals surface area contributed by atoms with Crippen LogP contribution < -0.4 is 4.74 Å². The molecule has 1 rings (SSSR count). The van der Waals surface area contributed by atoms with E-state index in [2.05, 4.69) is 0 Å². The second kappa shape index (κ2) is 5.25. The summed E-state index contributed by atoms with van der Waals surface area (Å²) in [7, 11) is 5.35. The predicted molar refractivity (Wildman–Crippen MR) is 53.5 cm³/mol. The molecule has 0 aliphatic rings. The maximum absolute atomic E-state index is 11.9. The van der Waals surface area contributed by atoms with Gasteiger partial charge in [-0.15, -0.1) is 0 Å². The average molecular weight is 230 g/mol. The zero-order chi connectivity index (χ0) is 12.2. The largest absolute Gasteiger partial charge is 0.491 e. The molecule has 1 unspecified atom stereocenters. The first-order valence-corrected chi connectivity index (χ1v) is 4.60. The fourth-order valence-corrected chi connectivity index (χ4v) is 0.991. The van der Waals surface area contributed by atoms with Crippen LogP contribution in [0.25, 0.3) is 0 Å². The number of alkyl halides is 3. The molecule has 1 aromatic carbocycles. The highest BCUT2D eigenvalue weighted by molar-refractivity contribution is 6.08. The first kappa shape index (κ1) is 12.9. The van der Waals surface area contributed by atoms with E-state index in [1.165, 1.54) is 12.1 Å². The van der Waals surface area contributed by atoms with E-state index in [1.54, 1.807) is 12.1 Å². The van der Waals surface area contributed by atoms with E-state index in [0.29, 0.717) is 6.32 Å². The van der Waals surface area contributed by atoms with E-state index in [1.807, 2.05) is 0 Å². The number of aliphatic hydroxyl groups is 1. The summed E-state index contributed by atoms with van der Waals surface area (Å²) in [5.74, 6) is 0.264.